The van der Waals surface area contributed by atoms with Gasteiger partial charge >= 0.3 is 0 Å². The van der Waals surface area contributed by atoms with Crippen LogP contribution in [0, 0.1) is 5.41 Å². The zero-order valence-corrected chi connectivity index (χ0v) is 14.6. The lowest BCUT2D eigenvalue weighted by atomic mass is 9.87. The van der Waals surface area contributed by atoms with Crippen LogP contribution in [-0.2, 0) is 16.4 Å². The molecule has 0 heterocycles. The van der Waals surface area contributed by atoms with E-state index in [4.69, 9.17) is 5.73 Å². The van der Waals surface area contributed by atoms with Gasteiger partial charge in [-0.2, -0.15) is 0 Å². The van der Waals surface area contributed by atoms with Crippen LogP contribution < -0.4 is 5.73 Å². The Labute approximate surface area is 129 Å². The molecule has 0 aromatic heterocycles. The molecule has 0 fully saturated rings. The van der Waals surface area contributed by atoms with Gasteiger partial charge in [-0.1, -0.05) is 32.9 Å². The van der Waals surface area contributed by atoms with E-state index in [1.807, 2.05) is 7.05 Å². The first-order valence-corrected chi connectivity index (χ1v) is 8.95. The van der Waals surface area contributed by atoms with Crippen LogP contribution in [0.1, 0.15) is 33.3 Å². The fourth-order valence-corrected chi connectivity index (χ4v) is 3.38. The largest absolute Gasteiger partial charge is 0.326 e. The van der Waals surface area contributed by atoms with Crippen molar-refractivity contribution in [1.29, 1.82) is 0 Å². The van der Waals surface area contributed by atoms with Crippen LogP contribution in [-0.4, -0.2) is 38.7 Å². The Kier molecular flexibility index (Phi) is 5.96. The number of sulfone groups is 1. The molecule has 0 saturated carbocycles. The molecular weight excluding hydrogens is 284 g/mol. The number of hydrogen-bond acceptors (Lipinski definition) is 4. The van der Waals surface area contributed by atoms with Crippen molar-refractivity contribution < 1.29 is 8.42 Å². The molecule has 120 valence electrons. The third-order valence-corrected chi connectivity index (χ3v) is 5.86. The number of rotatable bonds is 6. The van der Waals surface area contributed by atoms with Crippen LogP contribution in [0.2, 0.25) is 0 Å². The maximum Gasteiger partial charge on any atom is 0.179 e. The number of benzene rings is 1. The second-order valence-electron chi connectivity index (χ2n) is 6.69. The zero-order chi connectivity index (χ0) is 16.3. The van der Waals surface area contributed by atoms with Gasteiger partial charge in [0, 0.05) is 19.1 Å². The van der Waals surface area contributed by atoms with Crippen molar-refractivity contribution in [2.45, 2.75) is 45.2 Å². The third kappa shape index (κ3) is 5.09. The Morgan fingerprint density at radius 1 is 1.19 bits per heavy atom. The van der Waals surface area contributed by atoms with Crippen molar-refractivity contribution >= 4 is 9.84 Å². The van der Waals surface area contributed by atoms with Gasteiger partial charge in [0.15, 0.2) is 9.84 Å². The molecule has 1 unspecified atom stereocenters. The van der Waals surface area contributed by atoms with Crippen molar-refractivity contribution in [3.63, 3.8) is 0 Å². The summed E-state index contributed by atoms with van der Waals surface area (Å²) in [6, 6.07) is 7.14. The second-order valence-corrected chi connectivity index (χ2v) is 8.80. The lowest BCUT2D eigenvalue weighted by molar-refractivity contribution is 0.148. The quantitative estimate of drug-likeness (QED) is 0.875. The summed E-state index contributed by atoms with van der Waals surface area (Å²) in [5, 5.41) is 0. The molecule has 0 amide bonds. The zero-order valence-electron chi connectivity index (χ0n) is 13.8. The molecule has 0 aliphatic carbocycles. The summed E-state index contributed by atoms with van der Waals surface area (Å²) in [5.74, 6) is 0.131. The molecule has 21 heavy (non-hydrogen) atoms. The van der Waals surface area contributed by atoms with Crippen LogP contribution in [0.15, 0.2) is 29.2 Å². The molecule has 0 bridgehead atoms. The first-order chi connectivity index (χ1) is 9.58. The van der Waals surface area contributed by atoms with Crippen LogP contribution in [0.4, 0.5) is 0 Å². The van der Waals surface area contributed by atoms with Crippen LogP contribution in [0.5, 0.6) is 0 Å². The van der Waals surface area contributed by atoms with E-state index in [0.29, 0.717) is 24.0 Å². The fraction of sp³-hybridized carbons (Fsp3) is 0.625. The molecule has 0 radical (unpaired) electrons. The van der Waals surface area contributed by atoms with Gasteiger partial charge in [-0.05, 0) is 37.1 Å². The molecule has 1 aromatic carbocycles. The molecule has 2 N–H and O–H groups in total. The van der Waals surface area contributed by atoms with E-state index in [1.54, 1.807) is 24.3 Å². The Bertz CT molecular complexity index is 545. The van der Waals surface area contributed by atoms with Gasteiger partial charge in [0.1, 0.15) is 0 Å². The van der Waals surface area contributed by atoms with Crippen molar-refractivity contribution in [3.05, 3.63) is 29.8 Å². The molecule has 5 heteroatoms. The number of nitrogens with two attached hydrogens (primary N) is 1. The van der Waals surface area contributed by atoms with Gasteiger partial charge in [0.2, 0.25) is 0 Å². The molecule has 1 atom stereocenters. The highest BCUT2D eigenvalue weighted by molar-refractivity contribution is 7.91. The van der Waals surface area contributed by atoms with Gasteiger partial charge < -0.3 is 10.6 Å². The molecule has 0 spiro atoms. The third-order valence-electron chi connectivity index (χ3n) is 4.15. The highest BCUT2D eigenvalue weighted by atomic mass is 32.2. The van der Waals surface area contributed by atoms with Gasteiger partial charge in [0.05, 0.1) is 10.6 Å². The maximum absolute atomic E-state index is 12.4. The van der Waals surface area contributed by atoms with E-state index in [0.717, 1.165) is 5.56 Å². The Hall–Kier alpha value is -0.910. The minimum Gasteiger partial charge on any atom is -0.326 e. The van der Waals surface area contributed by atoms with Gasteiger partial charge in [-0.25, -0.2) is 8.42 Å². The van der Waals surface area contributed by atoms with E-state index < -0.39 is 9.84 Å². The van der Waals surface area contributed by atoms with Crippen molar-refractivity contribution in [2.75, 3.05) is 19.3 Å². The van der Waals surface area contributed by atoms with E-state index in [2.05, 4.69) is 32.6 Å². The predicted octanol–water partition coefficient (Wildman–Crippen LogP) is 2.29. The van der Waals surface area contributed by atoms with Gasteiger partial charge in [0.25, 0.3) is 0 Å². The van der Waals surface area contributed by atoms with E-state index in [1.165, 1.54) is 0 Å². The van der Waals surface area contributed by atoms with Crippen molar-refractivity contribution in [3.8, 4) is 0 Å². The minimum atomic E-state index is -3.24. The molecule has 0 aliphatic heterocycles. The average molecular weight is 312 g/mol. The summed E-state index contributed by atoms with van der Waals surface area (Å²) in [6.45, 7) is 9.56. The summed E-state index contributed by atoms with van der Waals surface area (Å²) in [4.78, 5) is 2.47. The number of nitrogens with zero attached hydrogens (tertiary/aromatic N) is 1. The molecular formula is C16H28N2O2S. The molecule has 4 nitrogen and oxygen atoms in total. The second kappa shape index (κ2) is 6.90. The molecule has 0 saturated heterocycles. The standard InChI is InChI=1S/C16H28N2O2S/c1-13(16(2,3)4)18(5)10-11-21(19,20)15-8-6-14(12-17)7-9-15/h6-9,13H,10-12,17H2,1-5H3. The summed E-state index contributed by atoms with van der Waals surface area (Å²) in [7, 11) is -1.27. The topological polar surface area (TPSA) is 63.4 Å². The molecule has 1 rings (SSSR count). The van der Waals surface area contributed by atoms with E-state index >= 15 is 0 Å². The summed E-state index contributed by atoms with van der Waals surface area (Å²) in [5.41, 5.74) is 6.59. The summed E-state index contributed by atoms with van der Waals surface area (Å²) >= 11 is 0. The predicted molar refractivity (Wildman–Crippen MR) is 87.9 cm³/mol. The highest BCUT2D eigenvalue weighted by Gasteiger charge is 2.25. The molecule has 1 aromatic rings. The van der Waals surface area contributed by atoms with Crippen LogP contribution >= 0.6 is 0 Å². The first kappa shape index (κ1) is 18.1. The SMILES string of the molecule is CC(N(C)CCS(=O)(=O)c1ccc(CN)cc1)C(C)(C)C. The Balaban J connectivity index is 2.72. The smallest absolute Gasteiger partial charge is 0.179 e. The van der Waals surface area contributed by atoms with E-state index in [9.17, 15) is 8.42 Å². The van der Waals surface area contributed by atoms with Gasteiger partial charge in [-0.3, -0.25) is 0 Å². The Morgan fingerprint density at radius 3 is 2.14 bits per heavy atom. The van der Waals surface area contributed by atoms with Gasteiger partial charge in [-0.15, -0.1) is 0 Å². The fourth-order valence-electron chi connectivity index (χ4n) is 2.07. The normalized spacial score (nSPS) is 14.4. The Morgan fingerprint density at radius 2 is 1.71 bits per heavy atom. The van der Waals surface area contributed by atoms with Crippen molar-refractivity contribution in [1.82, 2.24) is 4.90 Å². The maximum atomic E-state index is 12.4. The summed E-state index contributed by atoms with van der Waals surface area (Å²) < 4.78 is 24.7. The number of hydrogen-bond donors (Lipinski definition) is 1. The van der Waals surface area contributed by atoms with Crippen molar-refractivity contribution in [2.24, 2.45) is 11.1 Å². The van der Waals surface area contributed by atoms with Crippen LogP contribution in [0.3, 0.4) is 0 Å². The summed E-state index contributed by atoms with van der Waals surface area (Å²) in [6.07, 6.45) is 0. The average Bonchev–Trinajstić information content (AvgIpc) is 2.43. The molecule has 0 aliphatic rings. The first-order valence-electron chi connectivity index (χ1n) is 7.30. The lowest BCUT2D eigenvalue weighted by Crippen LogP contribution is -2.41. The minimum absolute atomic E-state index is 0.126. The van der Waals surface area contributed by atoms with Crippen LogP contribution in [0.25, 0.3) is 0 Å². The highest BCUT2D eigenvalue weighted by Crippen LogP contribution is 2.23. The lowest BCUT2D eigenvalue weighted by Gasteiger charge is -2.35. The monoisotopic (exact) mass is 312 g/mol. The van der Waals surface area contributed by atoms with E-state index in [-0.39, 0.29) is 11.2 Å².